The van der Waals surface area contributed by atoms with Gasteiger partial charge in [0.05, 0.1) is 0 Å². The van der Waals surface area contributed by atoms with E-state index in [1.807, 2.05) is 24.3 Å². The second-order valence-corrected chi connectivity index (χ2v) is 5.80. The van der Waals surface area contributed by atoms with Gasteiger partial charge in [0, 0.05) is 49.2 Å². The van der Waals surface area contributed by atoms with Crippen LogP contribution in [0.5, 0.6) is 0 Å². The SMILES string of the molecule is C[C@@H]1CNCCN1CCc1nc(-c2cccc(Cl)c2)no1. The van der Waals surface area contributed by atoms with Crippen molar-refractivity contribution in [2.75, 3.05) is 26.2 Å². The third-order valence-corrected chi connectivity index (χ3v) is 4.04. The second kappa shape index (κ2) is 6.56. The predicted octanol–water partition coefficient (Wildman–Crippen LogP) is 2.23. The Bertz CT molecular complexity index is 601. The molecule has 6 heteroatoms. The van der Waals surface area contributed by atoms with E-state index in [2.05, 4.69) is 27.3 Å². The topological polar surface area (TPSA) is 54.2 Å². The van der Waals surface area contributed by atoms with E-state index >= 15 is 0 Å². The zero-order valence-electron chi connectivity index (χ0n) is 12.1. The van der Waals surface area contributed by atoms with Crippen molar-refractivity contribution < 1.29 is 4.52 Å². The number of aromatic nitrogens is 2. The fourth-order valence-corrected chi connectivity index (χ4v) is 2.75. The quantitative estimate of drug-likeness (QED) is 0.939. The van der Waals surface area contributed by atoms with Gasteiger partial charge in [0.1, 0.15) is 0 Å². The highest BCUT2D eigenvalue weighted by molar-refractivity contribution is 6.30. The molecule has 1 fully saturated rings. The van der Waals surface area contributed by atoms with E-state index in [-0.39, 0.29) is 0 Å². The van der Waals surface area contributed by atoms with Crippen LogP contribution in [0.1, 0.15) is 12.8 Å². The van der Waals surface area contributed by atoms with Crippen LogP contribution in [0, 0.1) is 0 Å². The minimum atomic E-state index is 0.550. The molecule has 0 unspecified atom stereocenters. The Morgan fingerprint density at radius 1 is 1.48 bits per heavy atom. The zero-order valence-corrected chi connectivity index (χ0v) is 12.8. The molecule has 1 N–H and O–H groups in total. The molecule has 1 aliphatic rings. The molecule has 1 aromatic heterocycles. The molecule has 0 spiro atoms. The summed E-state index contributed by atoms with van der Waals surface area (Å²) in [5, 5.41) is 8.10. The van der Waals surface area contributed by atoms with Gasteiger partial charge in [-0.05, 0) is 19.1 Å². The fraction of sp³-hybridized carbons (Fsp3) is 0.467. The molecule has 1 aromatic carbocycles. The lowest BCUT2D eigenvalue weighted by molar-refractivity contribution is 0.171. The number of hydrogen-bond donors (Lipinski definition) is 1. The number of halogens is 1. The van der Waals surface area contributed by atoms with Crippen LogP contribution in [0.4, 0.5) is 0 Å². The van der Waals surface area contributed by atoms with Crippen LogP contribution < -0.4 is 5.32 Å². The van der Waals surface area contributed by atoms with Crippen LogP contribution in [-0.4, -0.2) is 47.3 Å². The first-order valence-corrected chi connectivity index (χ1v) is 7.63. The zero-order chi connectivity index (χ0) is 14.7. The van der Waals surface area contributed by atoms with E-state index in [1.54, 1.807) is 0 Å². The first kappa shape index (κ1) is 14.5. The van der Waals surface area contributed by atoms with Crippen molar-refractivity contribution in [1.82, 2.24) is 20.4 Å². The summed E-state index contributed by atoms with van der Waals surface area (Å²) in [6.07, 6.45) is 0.776. The van der Waals surface area contributed by atoms with Gasteiger partial charge in [0.2, 0.25) is 11.7 Å². The molecule has 3 rings (SSSR count). The largest absolute Gasteiger partial charge is 0.339 e. The molecule has 112 valence electrons. The summed E-state index contributed by atoms with van der Waals surface area (Å²) >= 11 is 5.98. The van der Waals surface area contributed by atoms with E-state index in [0.717, 1.165) is 38.2 Å². The van der Waals surface area contributed by atoms with E-state index in [0.29, 0.717) is 22.8 Å². The van der Waals surface area contributed by atoms with Gasteiger partial charge >= 0.3 is 0 Å². The van der Waals surface area contributed by atoms with Gasteiger partial charge in [-0.15, -0.1) is 0 Å². The maximum absolute atomic E-state index is 5.98. The van der Waals surface area contributed by atoms with Crippen LogP contribution in [0.25, 0.3) is 11.4 Å². The molecule has 21 heavy (non-hydrogen) atoms. The summed E-state index contributed by atoms with van der Waals surface area (Å²) in [6.45, 7) is 6.33. The lowest BCUT2D eigenvalue weighted by atomic mass is 10.2. The molecular formula is C15H19ClN4O. The molecule has 2 heterocycles. The number of piperazine rings is 1. The summed E-state index contributed by atoms with van der Waals surface area (Å²) in [6, 6.07) is 8.04. The summed E-state index contributed by atoms with van der Waals surface area (Å²) in [4.78, 5) is 6.90. The van der Waals surface area contributed by atoms with Crippen LogP contribution >= 0.6 is 11.6 Å². The average Bonchev–Trinajstić information content (AvgIpc) is 2.95. The van der Waals surface area contributed by atoms with Gasteiger partial charge in [-0.3, -0.25) is 4.90 Å². The van der Waals surface area contributed by atoms with Crippen molar-refractivity contribution in [2.24, 2.45) is 0 Å². The maximum atomic E-state index is 5.98. The molecule has 0 saturated carbocycles. The highest BCUT2D eigenvalue weighted by atomic mass is 35.5. The Balaban J connectivity index is 1.62. The normalized spacial score (nSPS) is 19.8. The summed E-state index contributed by atoms with van der Waals surface area (Å²) < 4.78 is 5.34. The number of nitrogens with zero attached hydrogens (tertiary/aromatic N) is 3. The minimum Gasteiger partial charge on any atom is -0.339 e. The predicted molar refractivity (Wildman–Crippen MR) is 82.4 cm³/mol. The van der Waals surface area contributed by atoms with E-state index in [9.17, 15) is 0 Å². The minimum absolute atomic E-state index is 0.550. The summed E-state index contributed by atoms with van der Waals surface area (Å²) in [7, 11) is 0. The van der Waals surface area contributed by atoms with Crippen LogP contribution in [-0.2, 0) is 6.42 Å². The Labute approximate surface area is 129 Å². The highest BCUT2D eigenvalue weighted by Crippen LogP contribution is 2.20. The van der Waals surface area contributed by atoms with Crippen LogP contribution in [0.2, 0.25) is 5.02 Å². The second-order valence-electron chi connectivity index (χ2n) is 5.36. The number of hydrogen-bond acceptors (Lipinski definition) is 5. The molecule has 0 amide bonds. The van der Waals surface area contributed by atoms with E-state index < -0.39 is 0 Å². The smallest absolute Gasteiger partial charge is 0.228 e. The maximum Gasteiger partial charge on any atom is 0.228 e. The van der Waals surface area contributed by atoms with Gasteiger partial charge in [-0.25, -0.2) is 0 Å². The highest BCUT2D eigenvalue weighted by Gasteiger charge is 2.18. The van der Waals surface area contributed by atoms with Gasteiger partial charge < -0.3 is 9.84 Å². The number of benzene rings is 1. The van der Waals surface area contributed by atoms with Crippen LogP contribution in [0.3, 0.4) is 0 Å². The fourth-order valence-electron chi connectivity index (χ4n) is 2.56. The lowest BCUT2D eigenvalue weighted by Crippen LogP contribution is -2.50. The molecular weight excluding hydrogens is 288 g/mol. The number of nitrogens with one attached hydrogen (secondary N) is 1. The monoisotopic (exact) mass is 306 g/mol. The average molecular weight is 307 g/mol. The molecule has 0 radical (unpaired) electrons. The van der Waals surface area contributed by atoms with Gasteiger partial charge in [0.25, 0.3) is 0 Å². The first-order chi connectivity index (χ1) is 10.2. The Morgan fingerprint density at radius 2 is 2.38 bits per heavy atom. The van der Waals surface area contributed by atoms with Crippen molar-refractivity contribution in [3.63, 3.8) is 0 Å². The first-order valence-electron chi connectivity index (χ1n) is 7.25. The standard InChI is InChI=1S/C15H19ClN4O/c1-11-10-17-6-8-20(11)7-5-14-18-15(19-21-14)12-3-2-4-13(16)9-12/h2-4,9,11,17H,5-8,10H2,1H3/t11-/m1/s1. The number of rotatable bonds is 4. The van der Waals surface area contributed by atoms with Crippen molar-refractivity contribution in [1.29, 1.82) is 0 Å². The van der Waals surface area contributed by atoms with Crippen molar-refractivity contribution in [2.45, 2.75) is 19.4 Å². The Morgan fingerprint density at radius 3 is 3.19 bits per heavy atom. The molecule has 0 bridgehead atoms. The van der Waals surface area contributed by atoms with Gasteiger partial charge in [0.15, 0.2) is 0 Å². The molecule has 1 aliphatic heterocycles. The van der Waals surface area contributed by atoms with E-state index in [4.69, 9.17) is 16.1 Å². The summed E-state index contributed by atoms with van der Waals surface area (Å²) in [5.41, 5.74) is 0.882. The van der Waals surface area contributed by atoms with Crippen molar-refractivity contribution in [3.05, 3.63) is 35.2 Å². The van der Waals surface area contributed by atoms with Gasteiger partial charge in [-0.2, -0.15) is 4.98 Å². The third kappa shape index (κ3) is 3.61. The Kier molecular flexibility index (Phi) is 4.53. The summed E-state index contributed by atoms with van der Waals surface area (Å²) in [5.74, 6) is 1.27. The van der Waals surface area contributed by atoms with Crippen LogP contribution in [0.15, 0.2) is 28.8 Å². The molecule has 1 atom stereocenters. The Hall–Kier alpha value is -1.43. The third-order valence-electron chi connectivity index (χ3n) is 3.80. The molecule has 0 aliphatic carbocycles. The molecule has 5 nitrogen and oxygen atoms in total. The molecule has 1 saturated heterocycles. The van der Waals surface area contributed by atoms with Gasteiger partial charge in [-0.1, -0.05) is 28.9 Å². The lowest BCUT2D eigenvalue weighted by Gasteiger charge is -2.33. The van der Waals surface area contributed by atoms with Crippen molar-refractivity contribution >= 4 is 11.6 Å². The van der Waals surface area contributed by atoms with Crippen molar-refractivity contribution in [3.8, 4) is 11.4 Å². The molecule has 2 aromatic rings. The van der Waals surface area contributed by atoms with E-state index in [1.165, 1.54) is 0 Å².